The fourth-order valence-electron chi connectivity index (χ4n) is 0.758. The Hall–Kier alpha value is -0.470. The van der Waals surface area contributed by atoms with Crippen LogP contribution in [0.2, 0.25) is 0 Å². The maximum absolute atomic E-state index is 11.1. The van der Waals surface area contributed by atoms with E-state index in [0.29, 0.717) is 13.5 Å². The normalized spacial score (nSPS) is 12.5. The van der Waals surface area contributed by atoms with Gasteiger partial charge in [0.2, 0.25) is 0 Å². The Morgan fingerprint density at radius 1 is 1.42 bits per heavy atom. The van der Waals surface area contributed by atoms with Crippen LogP contribution in [-0.4, -0.2) is 26.3 Å². The van der Waals surface area contributed by atoms with Crippen molar-refractivity contribution >= 4 is 23.7 Å². The molecule has 1 rings (SSSR count). The standard InChI is InChI=1S/C7H10NO2PS/c1-11-6-3-7(5-8-4-6)12(2,9)10/h3-5,11H,1-2H3. The minimum Gasteiger partial charge on any atom is -0.263 e. The van der Waals surface area contributed by atoms with Gasteiger partial charge in [0.15, 0.2) is 9.84 Å². The first-order chi connectivity index (χ1) is 5.54. The molecule has 0 aliphatic carbocycles. The van der Waals surface area contributed by atoms with E-state index in [2.05, 4.69) is 4.98 Å². The summed E-state index contributed by atoms with van der Waals surface area (Å²) in [6.07, 6.45) is 4.25. The van der Waals surface area contributed by atoms with E-state index in [4.69, 9.17) is 0 Å². The van der Waals surface area contributed by atoms with E-state index in [-0.39, 0.29) is 0 Å². The van der Waals surface area contributed by atoms with Crippen LogP contribution >= 0.6 is 8.58 Å². The highest BCUT2D eigenvalue weighted by Gasteiger charge is 2.06. The van der Waals surface area contributed by atoms with Crippen LogP contribution in [0.4, 0.5) is 0 Å². The molecule has 0 spiro atoms. The quantitative estimate of drug-likeness (QED) is 0.654. The largest absolute Gasteiger partial charge is 0.263 e. The highest BCUT2D eigenvalue weighted by Crippen LogP contribution is 2.08. The Labute approximate surface area is 73.9 Å². The molecule has 0 radical (unpaired) electrons. The average molecular weight is 203 g/mol. The Bertz CT molecular complexity index is 375. The van der Waals surface area contributed by atoms with E-state index >= 15 is 0 Å². The Morgan fingerprint density at radius 3 is 2.58 bits per heavy atom. The summed E-state index contributed by atoms with van der Waals surface area (Å²) in [4.78, 5) is 4.15. The van der Waals surface area contributed by atoms with Gasteiger partial charge in [-0.15, -0.1) is 0 Å². The number of nitrogens with zero attached hydrogens (tertiary/aromatic N) is 1. The third-order valence-corrected chi connectivity index (χ3v) is 3.36. The molecule has 66 valence electrons. The van der Waals surface area contributed by atoms with Crippen LogP contribution in [-0.2, 0) is 9.84 Å². The zero-order chi connectivity index (χ0) is 9.19. The van der Waals surface area contributed by atoms with Gasteiger partial charge in [0.05, 0.1) is 4.90 Å². The maximum Gasteiger partial charge on any atom is 0.177 e. The van der Waals surface area contributed by atoms with Crippen LogP contribution in [0.25, 0.3) is 0 Å². The molecule has 5 heteroatoms. The molecule has 1 aromatic rings. The van der Waals surface area contributed by atoms with Crippen molar-refractivity contribution in [2.75, 3.05) is 12.9 Å². The molecule has 0 amide bonds. The van der Waals surface area contributed by atoms with E-state index in [9.17, 15) is 8.42 Å². The van der Waals surface area contributed by atoms with Crippen LogP contribution in [0.3, 0.4) is 0 Å². The minimum absolute atomic E-state index is 0.300. The van der Waals surface area contributed by atoms with Gasteiger partial charge in [0.25, 0.3) is 0 Å². The van der Waals surface area contributed by atoms with Crippen LogP contribution in [0.5, 0.6) is 0 Å². The van der Waals surface area contributed by atoms with E-state index in [1.165, 1.54) is 12.5 Å². The van der Waals surface area contributed by atoms with Crippen LogP contribution in [0.1, 0.15) is 0 Å². The van der Waals surface area contributed by atoms with Crippen molar-refractivity contribution < 1.29 is 8.42 Å². The first kappa shape index (κ1) is 9.62. The van der Waals surface area contributed by atoms with E-state index in [1.807, 2.05) is 6.66 Å². The lowest BCUT2D eigenvalue weighted by Crippen LogP contribution is -2.03. The molecule has 1 unspecified atom stereocenters. The summed E-state index contributed by atoms with van der Waals surface area (Å²) in [6.45, 7) is 1.99. The lowest BCUT2D eigenvalue weighted by Gasteiger charge is -1.99. The number of hydrogen-bond donors (Lipinski definition) is 0. The second-order valence-corrected chi connectivity index (χ2v) is 5.52. The van der Waals surface area contributed by atoms with E-state index < -0.39 is 9.84 Å². The second kappa shape index (κ2) is 3.50. The molecule has 1 heterocycles. The minimum atomic E-state index is -3.09. The van der Waals surface area contributed by atoms with Gasteiger partial charge >= 0.3 is 0 Å². The molecule has 0 aromatic carbocycles. The van der Waals surface area contributed by atoms with Gasteiger partial charge in [-0.2, -0.15) is 0 Å². The molecule has 0 aliphatic rings. The molecule has 0 N–H and O–H groups in total. The van der Waals surface area contributed by atoms with Crippen LogP contribution in [0.15, 0.2) is 23.4 Å². The molecule has 0 bridgehead atoms. The topological polar surface area (TPSA) is 47.0 Å². The molecular weight excluding hydrogens is 193 g/mol. The van der Waals surface area contributed by atoms with Crippen molar-refractivity contribution in [3.8, 4) is 0 Å². The molecule has 1 atom stereocenters. The van der Waals surface area contributed by atoms with Crippen molar-refractivity contribution in [3.63, 3.8) is 0 Å². The number of pyridine rings is 1. The van der Waals surface area contributed by atoms with Crippen molar-refractivity contribution in [1.29, 1.82) is 0 Å². The Morgan fingerprint density at radius 2 is 2.08 bits per heavy atom. The zero-order valence-electron chi connectivity index (χ0n) is 6.90. The summed E-state index contributed by atoms with van der Waals surface area (Å²) in [5.41, 5.74) is 0. The molecule has 0 fully saturated rings. The highest BCUT2D eigenvalue weighted by atomic mass is 32.2. The predicted molar refractivity (Wildman–Crippen MR) is 51.2 cm³/mol. The smallest absolute Gasteiger partial charge is 0.177 e. The van der Waals surface area contributed by atoms with Gasteiger partial charge in [-0.25, -0.2) is 8.42 Å². The number of sulfone groups is 1. The fraction of sp³-hybridized carbons (Fsp3) is 0.286. The summed E-state index contributed by atoms with van der Waals surface area (Å²) in [5.74, 6) is 0. The van der Waals surface area contributed by atoms with Crippen molar-refractivity contribution in [3.05, 3.63) is 18.5 Å². The van der Waals surface area contributed by atoms with Crippen molar-refractivity contribution in [2.45, 2.75) is 4.90 Å². The average Bonchev–Trinajstić information content (AvgIpc) is 2.03. The molecule has 0 aliphatic heterocycles. The molecule has 0 saturated carbocycles. The van der Waals surface area contributed by atoms with Crippen molar-refractivity contribution in [1.82, 2.24) is 4.98 Å². The molecule has 3 nitrogen and oxygen atoms in total. The fourth-order valence-corrected chi connectivity index (χ4v) is 1.96. The van der Waals surface area contributed by atoms with Gasteiger partial charge in [-0.05, 0) is 18.0 Å². The first-order valence-electron chi connectivity index (χ1n) is 3.37. The highest BCUT2D eigenvalue weighted by molar-refractivity contribution is 7.90. The van der Waals surface area contributed by atoms with Gasteiger partial charge in [0, 0.05) is 18.6 Å². The van der Waals surface area contributed by atoms with Gasteiger partial charge in [-0.1, -0.05) is 8.58 Å². The lowest BCUT2D eigenvalue weighted by molar-refractivity contribution is 0.601. The lowest BCUT2D eigenvalue weighted by atomic mass is 10.5. The first-order valence-corrected chi connectivity index (χ1v) is 6.76. The molecule has 12 heavy (non-hydrogen) atoms. The Balaban J connectivity index is 3.20. The third kappa shape index (κ3) is 2.26. The number of hydrogen-bond acceptors (Lipinski definition) is 3. The van der Waals surface area contributed by atoms with Crippen LogP contribution in [0, 0.1) is 0 Å². The van der Waals surface area contributed by atoms with Crippen molar-refractivity contribution in [2.24, 2.45) is 0 Å². The van der Waals surface area contributed by atoms with Crippen LogP contribution < -0.4 is 5.30 Å². The molecule has 1 aromatic heterocycles. The second-order valence-electron chi connectivity index (χ2n) is 2.43. The summed E-state index contributed by atoms with van der Waals surface area (Å²) in [6, 6.07) is 1.67. The van der Waals surface area contributed by atoms with E-state index in [1.54, 1.807) is 12.3 Å². The SMILES string of the molecule is CPc1cncc(S(C)(=O)=O)c1. The summed E-state index contributed by atoms with van der Waals surface area (Å²) in [5, 5.41) is 0.970. The summed E-state index contributed by atoms with van der Waals surface area (Å²) in [7, 11) is -2.51. The maximum atomic E-state index is 11.1. The Kier molecular flexibility index (Phi) is 2.80. The molecular formula is C7H10NO2PS. The van der Waals surface area contributed by atoms with E-state index in [0.717, 1.165) is 5.30 Å². The third-order valence-electron chi connectivity index (χ3n) is 1.43. The summed E-state index contributed by atoms with van der Waals surface area (Å²) >= 11 is 0. The molecule has 0 saturated heterocycles. The number of aromatic nitrogens is 1. The summed E-state index contributed by atoms with van der Waals surface area (Å²) < 4.78 is 22.1. The van der Waals surface area contributed by atoms with Gasteiger partial charge < -0.3 is 0 Å². The van der Waals surface area contributed by atoms with Gasteiger partial charge in [-0.3, -0.25) is 4.98 Å². The van der Waals surface area contributed by atoms with Gasteiger partial charge in [0.1, 0.15) is 0 Å². The number of rotatable bonds is 2. The zero-order valence-corrected chi connectivity index (χ0v) is 8.72. The monoisotopic (exact) mass is 203 g/mol. The predicted octanol–water partition coefficient (Wildman–Crippen LogP) is 0.419.